The van der Waals surface area contributed by atoms with Gasteiger partial charge in [0.2, 0.25) is 0 Å². The van der Waals surface area contributed by atoms with Gasteiger partial charge in [-0.3, -0.25) is 0 Å². The molecule has 16 heavy (non-hydrogen) atoms. The summed E-state index contributed by atoms with van der Waals surface area (Å²) in [6.45, 7) is 0.638. The maximum atomic E-state index is 6.02. The number of alkyl halides is 1. The molecule has 0 N–H and O–H groups in total. The monoisotopic (exact) mass is 342 g/mol. The first-order chi connectivity index (χ1) is 7.56. The molecule has 1 aliphatic carbocycles. The Kier molecular flexibility index (Phi) is 3.95. The lowest BCUT2D eigenvalue weighted by atomic mass is 10.2. The molecule has 0 atom stereocenters. The van der Waals surface area contributed by atoms with E-state index in [1.54, 1.807) is 12.1 Å². The van der Waals surface area contributed by atoms with Crippen LogP contribution in [-0.2, 0) is 0 Å². The second-order valence-corrected chi connectivity index (χ2v) is 5.93. The third-order valence-electron chi connectivity index (χ3n) is 2.73. The van der Waals surface area contributed by atoms with Gasteiger partial charge in [0.15, 0.2) is 5.75 Å². The van der Waals surface area contributed by atoms with Crippen molar-refractivity contribution in [3.63, 3.8) is 0 Å². The van der Waals surface area contributed by atoms with Gasteiger partial charge in [-0.2, -0.15) is 0 Å². The first kappa shape index (κ1) is 12.8. The number of hydrogen-bond acceptors (Lipinski definition) is 1. The van der Waals surface area contributed by atoms with E-state index < -0.39 is 0 Å². The average Bonchev–Trinajstić information content (AvgIpc) is 2.97. The van der Waals surface area contributed by atoms with Crippen LogP contribution in [0.2, 0.25) is 15.1 Å². The molecule has 1 nitrogen and oxygen atoms in total. The summed E-state index contributed by atoms with van der Waals surface area (Å²) in [5, 5.41) is 2.39. The summed E-state index contributed by atoms with van der Waals surface area (Å²) >= 11 is 21.4. The van der Waals surface area contributed by atoms with E-state index in [-0.39, 0.29) is 5.41 Å². The Labute approximate surface area is 118 Å². The minimum Gasteiger partial charge on any atom is -0.490 e. The summed E-state index contributed by atoms with van der Waals surface area (Å²) in [5.41, 5.74) is 0.270. The Morgan fingerprint density at radius 1 is 1.19 bits per heavy atom. The Morgan fingerprint density at radius 2 is 1.75 bits per heavy atom. The van der Waals surface area contributed by atoms with Gasteiger partial charge in [0.1, 0.15) is 0 Å². The molecule has 0 amide bonds. The molecule has 88 valence electrons. The van der Waals surface area contributed by atoms with Crippen LogP contribution in [0.4, 0.5) is 0 Å². The van der Waals surface area contributed by atoms with E-state index in [0.717, 1.165) is 5.33 Å². The largest absolute Gasteiger partial charge is 0.490 e. The summed E-state index contributed by atoms with van der Waals surface area (Å²) in [6.07, 6.45) is 2.36. The molecule has 1 aliphatic rings. The molecule has 0 saturated heterocycles. The highest BCUT2D eigenvalue weighted by atomic mass is 79.9. The highest BCUT2D eigenvalue weighted by Crippen LogP contribution is 2.48. The van der Waals surface area contributed by atoms with E-state index in [1.807, 2.05) is 0 Å². The van der Waals surface area contributed by atoms with Crippen molar-refractivity contribution in [1.29, 1.82) is 0 Å². The Hall–Kier alpha value is 0.370. The lowest BCUT2D eigenvalue weighted by molar-refractivity contribution is 0.251. The van der Waals surface area contributed by atoms with Crippen LogP contribution in [0.25, 0.3) is 0 Å². The molecule has 0 radical (unpaired) electrons. The third kappa shape index (κ3) is 2.79. The highest BCUT2D eigenvalue weighted by Gasteiger charge is 2.42. The maximum Gasteiger partial charge on any atom is 0.156 e. The van der Waals surface area contributed by atoms with E-state index in [9.17, 15) is 0 Å². The van der Waals surface area contributed by atoms with Crippen LogP contribution < -0.4 is 4.74 Å². The van der Waals surface area contributed by atoms with E-state index in [1.165, 1.54) is 12.8 Å². The zero-order valence-corrected chi connectivity index (χ0v) is 12.3. The van der Waals surface area contributed by atoms with Crippen LogP contribution in [0, 0.1) is 5.41 Å². The number of hydrogen-bond donors (Lipinski definition) is 0. The van der Waals surface area contributed by atoms with E-state index in [2.05, 4.69) is 15.9 Å². The molecule has 5 heteroatoms. The molecule has 1 aromatic carbocycles. The fourth-order valence-corrected chi connectivity index (χ4v) is 3.03. The lowest BCUT2D eigenvalue weighted by Gasteiger charge is -2.15. The van der Waals surface area contributed by atoms with Crippen LogP contribution in [0.5, 0.6) is 5.75 Å². The van der Waals surface area contributed by atoms with E-state index in [4.69, 9.17) is 39.5 Å². The molecule has 0 spiro atoms. The van der Waals surface area contributed by atoms with Crippen molar-refractivity contribution in [3.05, 3.63) is 27.2 Å². The summed E-state index contributed by atoms with van der Waals surface area (Å²) in [7, 11) is 0. The van der Waals surface area contributed by atoms with Crippen molar-refractivity contribution in [2.45, 2.75) is 12.8 Å². The SMILES string of the molecule is Clc1cc(Cl)c(OCC2(CBr)CC2)c(Cl)c1. The quantitative estimate of drug-likeness (QED) is 0.682. The highest BCUT2D eigenvalue weighted by molar-refractivity contribution is 9.09. The fourth-order valence-electron chi connectivity index (χ4n) is 1.39. The third-order valence-corrected chi connectivity index (χ3v) is 4.70. The van der Waals surface area contributed by atoms with Crippen LogP contribution >= 0.6 is 50.7 Å². The number of halogens is 4. The molecular weight excluding hydrogens is 334 g/mol. The molecular formula is C11H10BrCl3O. The second kappa shape index (κ2) is 4.93. The molecule has 0 heterocycles. The van der Waals surface area contributed by atoms with Gasteiger partial charge < -0.3 is 4.74 Å². The van der Waals surface area contributed by atoms with Crippen LogP contribution in [-0.4, -0.2) is 11.9 Å². The smallest absolute Gasteiger partial charge is 0.156 e. The maximum absolute atomic E-state index is 6.02. The summed E-state index contributed by atoms with van der Waals surface area (Å²) in [4.78, 5) is 0. The summed E-state index contributed by atoms with van der Waals surface area (Å²) in [5.74, 6) is 0.528. The van der Waals surface area contributed by atoms with E-state index >= 15 is 0 Å². The van der Waals surface area contributed by atoms with Crippen LogP contribution in [0.15, 0.2) is 12.1 Å². The predicted octanol–water partition coefficient (Wildman–Crippen LogP) is 5.20. The number of rotatable bonds is 4. The van der Waals surface area contributed by atoms with Gasteiger partial charge in [-0.1, -0.05) is 50.7 Å². The fraction of sp³-hybridized carbons (Fsp3) is 0.455. The molecule has 1 saturated carbocycles. The van der Waals surface area contributed by atoms with Crippen molar-refractivity contribution < 1.29 is 4.74 Å². The molecule has 1 aromatic rings. The normalized spacial score (nSPS) is 17.2. The average molecular weight is 344 g/mol. The Bertz CT molecular complexity index is 381. The Morgan fingerprint density at radius 3 is 2.19 bits per heavy atom. The predicted molar refractivity (Wildman–Crippen MR) is 72.4 cm³/mol. The Balaban J connectivity index is 2.09. The molecule has 0 aromatic heterocycles. The van der Waals surface area contributed by atoms with Crippen molar-refractivity contribution in [2.24, 2.45) is 5.41 Å². The van der Waals surface area contributed by atoms with Crippen LogP contribution in [0.1, 0.15) is 12.8 Å². The van der Waals surface area contributed by atoms with Gasteiger partial charge in [0.25, 0.3) is 0 Å². The van der Waals surface area contributed by atoms with Crippen molar-refractivity contribution in [3.8, 4) is 5.75 Å². The topological polar surface area (TPSA) is 9.23 Å². The molecule has 0 aliphatic heterocycles. The first-order valence-corrected chi connectivity index (χ1v) is 7.15. The van der Waals surface area contributed by atoms with E-state index in [0.29, 0.717) is 27.4 Å². The number of benzene rings is 1. The van der Waals surface area contributed by atoms with Gasteiger partial charge in [-0.25, -0.2) is 0 Å². The van der Waals surface area contributed by atoms with Gasteiger partial charge in [0.05, 0.1) is 16.7 Å². The minimum absolute atomic E-state index is 0.270. The van der Waals surface area contributed by atoms with Crippen molar-refractivity contribution >= 4 is 50.7 Å². The second-order valence-electron chi connectivity index (χ2n) is 4.12. The minimum atomic E-state index is 0.270. The summed E-state index contributed by atoms with van der Waals surface area (Å²) < 4.78 is 5.69. The van der Waals surface area contributed by atoms with Gasteiger partial charge >= 0.3 is 0 Å². The zero-order chi connectivity index (χ0) is 11.8. The van der Waals surface area contributed by atoms with Gasteiger partial charge in [0, 0.05) is 15.8 Å². The van der Waals surface area contributed by atoms with Crippen molar-refractivity contribution in [1.82, 2.24) is 0 Å². The molecule has 0 bridgehead atoms. The molecule has 0 unspecified atom stereocenters. The number of ether oxygens (including phenoxy) is 1. The zero-order valence-electron chi connectivity index (χ0n) is 8.40. The lowest BCUT2D eigenvalue weighted by Crippen LogP contribution is -2.14. The first-order valence-electron chi connectivity index (χ1n) is 4.90. The van der Waals surface area contributed by atoms with Crippen LogP contribution in [0.3, 0.4) is 0 Å². The molecule has 2 rings (SSSR count). The van der Waals surface area contributed by atoms with Gasteiger partial charge in [-0.05, 0) is 25.0 Å². The standard InChI is InChI=1S/C11H10BrCl3O/c12-5-11(1-2-11)6-16-10-8(14)3-7(13)4-9(10)15/h3-4H,1-2,5-6H2. The van der Waals surface area contributed by atoms with Crippen molar-refractivity contribution in [2.75, 3.05) is 11.9 Å². The van der Waals surface area contributed by atoms with Gasteiger partial charge in [-0.15, -0.1) is 0 Å². The molecule has 1 fully saturated rings. The summed E-state index contributed by atoms with van der Waals surface area (Å²) in [6, 6.07) is 3.27.